The highest BCUT2D eigenvalue weighted by molar-refractivity contribution is 9.10. The molecule has 9 heteroatoms. The number of aryl methyl sites for hydroxylation is 1. The molecule has 30 heavy (non-hydrogen) atoms. The molecule has 0 bridgehead atoms. The third-order valence-corrected chi connectivity index (χ3v) is 6.19. The second-order valence-corrected chi connectivity index (χ2v) is 8.20. The number of nitrogens with one attached hydrogen (secondary N) is 2. The van der Waals surface area contributed by atoms with Gasteiger partial charge in [-0.15, -0.1) is 0 Å². The number of benzene rings is 2. The molecule has 0 fully saturated rings. The molecule has 2 N–H and O–H groups in total. The van der Waals surface area contributed by atoms with Crippen molar-refractivity contribution in [3.05, 3.63) is 74.4 Å². The summed E-state index contributed by atoms with van der Waals surface area (Å²) in [7, 11) is 0. The van der Waals surface area contributed by atoms with Crippen LogP contribution in [0, 0.1) is 6.92 Å². The minimum atomic E-state index is -0.732. The lowest BCUT2D eigenvalue weighted by molar-refractivity contribution is -0.136. The normalized spacial score (nSPS) is 18.1. The van der Waals surface area contributed by atoms with E-state index in [1.807, 2.05) is 19.1 Å². The summed E-state index contributed by atoms with van der Waals surface area (Å²) in [5, 5.41) is 5.96. The fourth-order valence-electron chi connectivity index (χ4n) is 3.49. The van der Waals surface area contributed by atoms with Crippen molar-refractivity contribution < 1.29 is 19.1 Å². The van der Waals surface area contributed by atoms with Crippen molar-refractivity contribution >= 4 is 51.1 Å². The summed E-state index contributed by atoms with van der Waals surface area (Å²) in [4.78, 5) is 39.0. The van der Waals surface area contributed by atoms with E-state index in [-0.39, 0.29) is 18.7 Å². The third-order valence-electron chi connectivity index (χ3n) is 4.96. The molecule has 2 aliphatic rings. The van der Waals surface area contributed by atoms with Gasteiger partial charge in [-0.3, -0.25) is 9.69 Å². The van der Waals surface area contributed by atoms with Crippen molar-refractivity contribution in [2.45, 2.75) is 13.0 Å². The van der Waals surface area contributed by atoms with Gasteiger partial charge in [-0.2, -0.15) is 0 Å². The summed E-state index contributed by atoms with van der Waals surface area (Å²) in [6.45, 7) is 1.57. The number of carbonyl (C=O) groups excluding carboxylic acids is 3. The first kappa shape index (κ1) is 20.4. The van der Waals surface area contributed by atoms with E-state index in [0.717, 1.165) is 10.0 Å². The second kappa shape index (κ2) is 8.12. The maximum absolute atomic E-state index is 12.8. The predicted molar refractivity (Wildman–Crippen MR) is 115 cm³/mol. The van der Waals surface area contributed by atoms with Crippen LogP contribution in [0.1, 0.15) is 17.2 Å². The monoisotopic (exact) mass is 489 g/mol. The Morgan fingerprint density at radius 3 is 2.80 bits per heavy atom. The molecule has 2 aliphatic heterocycles. The fourth-order valence-corrected chi connectivity index (χ4v) is 3.98. The van der Waals surface area contributed by atoms with E-state index < -0.39 is 23.9 Å². The summed E-state index contributed by atoms with van der Waals surface area (Å²) in [5.41, 5.74) is 2.82. The first-order chi connectivity index (χ1) is 14.3. The van der Waals surface area contributed by atoms with Crippen molar-refractivity contribution in [1.82, 2.24) is 10.2 Å². The average Bonchev–Trinajstić information content (AvgIpc) is 3.09. The second-order valence-electron chi connectivity index (χ2n) is 6.94. The number of urea groups is 1. The minimum absolute atomic E-state index is 0.0762. The zero-order valence-corrected chi connectivity index (χ0v) is 18.2. The van der Waals surface area contributed by atoms with E-state index in [1.165, 1.54) is 4.90 Å². The largest absolute Gasteiger partial charge is 0.456 e. The maximum atomic E-state index is 12.8. The average molecular weight is 491 g/mol. The van der Waals surface area contributed by atoms with E-state index in [0.29, 0.717) is 22.0 Å². The summed E-state index contributed by atoms with van der Waals surface area (Å²) < 4.78 is 6.10. The van der Waals surface area contributed by atoms with E-state index in [2.05, 4.69) is 26.6 Å². The first-order valence-electron chi connectivity index (χ1n) is 9.14. The Bertz CT molecular complexity index is 1100. The number of ether oxygens (including phenoxy) is 1. The van der Waals surface area contributed by atoms with Crippen LogP contribution in [0.5, 0.6) is 0 Å². The number of carbonyl (C=O) groups is 3. The lowest BCUT2D eigenvalue weighted by atomic mass is 9.95. The molecule has 154 valence electrons. The zero-order valence-electron chi connectivity index (χ0n) is 15.9. The van der Waals surface area contributed by atoms with Gasteiger partial charge in [-0.05, 0) is 42.3 Å². The molecule has 3 amide bonds. The van der Waals surface area contributed by atoms with Gasteiger partial charge in [0.1, 0.15) is 13.2 Å². The van der Waals surface area contributed by atoms with Crippen molar-refractivity contribution in [3.63, 3.8) is 0 Å². The van der Waals surface area contributed by atoms with Gasteiger partial charge >= 0.3 is 12.0 Å². The molecular formula is C21H17BrClN3O4. The number of halogens is 2. The van der Waals surface area contributed by atoms with Gasteiger partial charge in [0.25, 0.3) is 0 Å². The number of hydrogen-bond acceptors (Lipinski definition) is 4. The SMILES string of the molecule is Cc1cc(NC(=O)CN2C(=O)N[C@H](c3ccccc3Cl)C3=C2COC3=O)ccc1Br. The Kier molecular flexibility index (Phi) is 5.53. The van der Waals surface area contributed by atoms with E-state index in [4.69, 9.17) is 16.3 Å². The summed E-state index contributed by atoms with van der Waals surface area (Å²) >= 11 is 9.69. The van der Waals surface area contributed by atoms with E-state index >= 15 is 0 Å². The highest BCUT2D eigenvalue weighted by Crippen LogP contribution is 2.37. The number of esters is 1. The molecule has 1 atom stereocenters. The lowest BCUT2D eigenvalue weighted by Gasteiger charge is -2.32. The van der Waals surface area contributed by atoms with Crippen LogP contribution in [0.15, 0.2) is 58.2 Å². The number of rotatable bonds is 4. The molecule has 0 saturated heterocycles. The smallest absolute Gasteiger partial charge is 0.338 e. The van der Waals surface area contributed by atoms with Crippen LogP contribution in [0.4, 0.5) is 10.5 Å². The molecule has 0 saturated carbocycles. The molecular weight excluding hydrogens is 474 g/mol. The molecule has 0 unspecified atom stereocenters. The Labute approximate surface area is 186 Å². The summed E-state index contributed by atoms with van der Waals surface area (Å²) in [6.07, 6.45) is 0. The van der Waals surface area contributed by atoms with E-state index in [9.17, 15) is 14.4 Å². The molecule has 7 nitrogen and oxygen atoms in total. The topological polar surface area (TPSA) is 87.7 Å². The number of cyclic esters (lactones) is 1. The number of hydrogen-bond donors (Lipinski definition) is 2. The molecule has 4 rings (SSSR count). The zero-order chi connectivity index (χ0) is 21.4. The lowest BCUT2D eigenvalue weighted by Crippen LogP contribution is -2.49. The van der Waals surface area contributed by atoms with Crippen molar-refractivity contribution in [2.75, 3.05) is 18.5 Å². The maximum Gasteiger partial charge on any atom is 0.338 e. The minimum Gasteiger partial charge on any atom is -0.456 e. The fraction of sp³-hybridized carbons (Fsp3) is 0.190. The standard InChI is InChI=1S/C21H17BrClN3O4/c1-11-8-12(6-7-14(11)22)24-17(27)9-26-16-10-30-20(28)18(16)19(25-21(26)29)13-4-2-3-5-15(13)23/h2-8,19H,9-10H2,1H3,(H,24,27)(H,25,29)/t19-/m1/s1. The Morgan fingerprint density at radius 1 is 1.30 bits per heavy atom. The van der Waals surface area contributed by atoms with Gasteiger partial charge in [0, 0.05) is 15.2 Å². The number of nitrogens with zero attached hydrogens (tertiary/aromatic N) is 1. The van der Waals surface area contributed by atoms with Crippen LogP contribution in [0.3, 0.4) is 0 Å². The third kappa shape index (κ3) is 3.80. The molecule has 0 radical (unpaired) electrons. The molecule has 2 aromatic rings. The Morgan fingerprint density at radius 2 is 2.07 bits per heavy atom. The molecule has 0 spiro atoms. The van der Waals surface area contributed by atoms with Gasteiger partial charge in [-0.25, -0.2) is 9.59 Å². The van der Waals surface area contributed by atoms with E-state index in [1.54, 1.807) is 30.3 Å². The highest BCUT2D eigenvalue weighted by Gasteiger charge is 2.43. The van der Waals surface area contributed by atoms with Gasteiger partial charge in [0.05, 0.1) is 17.3 Å². The van der Waals surface area contributed by atoms with Gasteiger partial charge in [0.15, 0.2) is 0 Å². The van der Waals surface area contributed by atoms with Crippen LogP contribution < -0.4 is 10.6 Å². The first-order valence-corrected chi connectivity index (χ1v) is 10.3. The van der Waals surface area contributed by atoms with Crippen LogP contribution in [-0.2, 0) is 14.3 Å². The van der Waals surface area contributed by atoms with Crippen molar-refractivity contribution in [2.24, 2.45) is 0 Å². The summed E-state index contributed by atoms with van der Waals surface area (Å²) in [6, 6.07) is 11.1. The van der Waals surface area contributed by atoms with Gasteiger partial charge in [0.2, 0.25) is 5.91 Å². The van der Waals surface area contributed by atoms with Gasteiger partial charge in [-0.1, -0.05) is 45.7 Å². The van der Waals surface area contributed by atoms with Crippen LogP contribution >= 0.6 is 27.5 Å². The number of amides is 3. The van der Waals surface area contributed by atoms with Crippen LogP contribution in [0.25, 0.3) is 0 Å². The Hall–Kier alpha value is -2.84. The van der Waals surface area contributed by atoms with Crippen LogP contribution in [0.2, 0.25) is 5.02 Å². The predicted octanol–water partition coefficient (Wildman–Crippen LogP) is 3.93. The number of anilines is 1. The Balaban J connectivity index is 1.60. The van der Waals surface area contributed by atoms with Crippen molar-refractivity contribution in [1.29, 1.82) is 0 Å². The highest BCUT2D eigenvalue weighted by atomic mass is 79.9. The summed E-state index contributed by atoms with van der Waals surface area (Å²) in [5.74, 6) is -0.932. The van der Waals surface area contributed by atoms with Crippen molar-refractivity contribution in [3.8, 4) is 0 Å². The van der Waals surface area contributed by atoms with Crippen LogP contribution in [-0.4, -0.2) is 36.0 Å². The van der Waals surface area contributed by atoms with Gasteiger partial charge < -0.3 is 15.4 Å². The quantitative estimate of drug-likeness (QED) is 0.636. The molecule has 2 heterocycles. The molecule has 0 aromatic heterocycles. The molecule has 2 aromatic carbocycles. The molecule has 0 aliphatic carbocycles.